The molecule has 1 atom stereocenters. The Morgan fingerprint density at radius 1 is 0.767 bits per heavy atom. The lowest BCUT2D eigenvalue weighted by molar-refractivity contribution is -0.137. The van der Waals surface area contributed by atoms with E-state index in [0.29, 0.717) is 12.2 Å². The van der Waals surface area contributed by atoms with Gasteiger partial charge >= 0.3 is 5.97 Å². The number of para-hydroxylation sites is 1. The number of aliphatic hydroxyl groups excluding tert-OH is 1. The van der Waals surface area contributed by atoms with Gasteiger partial charge in [-0.1, -0.05) is 115 Å². The van der Waals surface area contributed by atoms with Gasteiger partial charge < -0.3 is 14.9 Å². The lowest BCUT2D eigenvalue weighted by Crippen LogP contribution is -2.08. The number of aliphatic hydroxyl groups is 1. The minimum atomic E-state index is -0.734. The molecular weight excluding hydrogens is 376 g/mol. The Balaban J connectivity index is 0.000000696. The maximum absolute atomic E-state index is 10.3. The summed E-state index contributed by atoms with van der Waals surface area (Å²) in [6.07, 6.45) is 19.5. The number of aliphatic carboxylic acids is 1. The van der Waals surface area contributed by atoms with Crippen LogP contribution in [0.4, 0.5) is 0 Å². The highest BCUT2D eigenvalue weighted by Crippen LogP contribution is 2.13. The van der Waals surface area contributed by atoms with Crippen molar-refractivity contribution in [2.45, 2.75) is 123 Å². The zero-order valence-electron chi connectivity index (χ0n) is 19.5. The fourth-order valence-electron chi connectivity index (χ4n) is 3.34. The monoisotopic (exact) mass is 422 g/mol. The quantitative estimate of drug-likeness (QED) is 0.187. The summed E-state index contributed by atoms with van der Waals surface area (Å²) in [5.74, 6) is 0.0391. The maximum Gasteiger partial charge on any atom is 0.303 e. The molecule has 0 heterocycles. The van der Waals surface area contributed by atoms with Crippen LogP contribution in [-0.4, -0.2) is 22.5 Å². The lowest BCUT2D eigenvalue weighted by Gasteiger charge is -2.06. The van der Waals surface area contributed by atoms with Crippen LogP contribution in [0.1, 0.15) is 117 Å². The van der Waals surface area contributed by atoms with Crippen molar-refractivity contribution in [1.82, 2.24) is 0 Å². The minimum absolute atomic E-state index is 0.345. The summed E-state index contributed by atoms with van der Waals surface area (Å²) in [6.45, 7) is 3.85. The van der Waals surface area contributed by atoms with Crippen LogP contribution in [0.2, 0.25) is 0 Å². The molecule has 1 aromatic rings. The SMILES string of the molecule is CC(O)Oc1ccccc1.CCCCCCCCCCCCCCCCCC(=O)O. The van der Waals surface area contributed by atoms with E-state index in [1.165, 1.54) is 83.5 Å². The number of carboxylic acids is 1. The summed E-state index contributed by atoms with van der Waals surface area (Å²) in [4.78, 5) is 10.3. The third-order valence-electron chi connectivity index (χ3n) is 5.04. The first-order valence-electron chi connectivity index (χ1n) is 12.2. The standard InChI is InChI=1S/C18H36O2.C8H10O2/c1-2-3-4-5-6-7-8-9-10-11-12-13-14-15-16-17-18(19)20;1-7(9)10-8-5-3-2-4-6-8/h2-17H2,1H3,(H,19,20);2-7,9H,1H3. The highest BCUT2D eigenvalue weighted by molar-refractivity contribution is 5.66. The molecule has 2 N–H and O–H groups in total. The molecule has 174 valence electrons. The highest BCUT2D eigenvalue weighted by atomic mass is 16.6. The van der Waals surface area contributed by atoms with Gasteiger partial charge in [0.15, 0.2) is 6.29 Å². The predicted molar refractivity (Wildman–Crippen MR) is 126 cm³/mol. The number of hydrogen-bond acceptors (Lipinski definition) is 3. The van der Waals surface area contributed by atoms with Crippen LogP contribution in [0.15, 0.2) is 30.3 Å². The molecule has 0 amide bonds. The fraction of sp³-hybridized carbons (Fsp3) is 0.731. The Kier molecular flexibility index (Phi) is 21.0. The van der Waals surface area contributed by atoms with Crippen molar-refractivity contribution in [3.63, 3.8) is 0 Å². The van der Waals surface area contributed by atoms with Gasteiger partial charge in [0, 0.05) is 6.42 Å². The van der Waals surface area contributed by atoms with Gasteiger partial charge in [0.1, 0.15) is 5.75 Å². The maximum atomic E-state index is 10.3. The third kappa shape index (κ3) is 22.7. The number of hydrogen-bond donors (Lipinski definition) is 2. The number of ether oxygens (including phenoxy) is 1. The molecule has 0 radical (unpaired) electrons. The molecule has 0 fully saturated rings. The summed E-state index contributed by atoms with van der Waals surface area (Å²) in [5.41, 5.74) is 0. The first kappa shape index (κ1) is 28.5. The lowest BCUT2D eigenvalue weighted by atomic mass is 10.0. The van der Waals surface area contributed by atoms with Crippen LogP contribution in [0.5, 0.6) is 5.75 Å². The Labute approximate surface area is 185 Å². The molecule has 0 saturated heterocycles. The first-order valence-corrected chi connectivity index (χ1v) is 12.2. The van der Waals surface area contributed by atoms with Gasteiger partial charge in [-0.3, -0.25) is 4.79 Å². The molecule has 0 aliphatic rings. The Morgan fingerprint density at radius 2 is 1.17 bits per heavy atom. The zero-order chi connectivity index (χ0) is 22.3. The van der Waals surface area contributed by atoms with Gasteiger partial charge in [0.25, 0.3) is 0 Å². The second-order valence-electron chi connectivity index (χ2n) is 8.12. The van der Waals surface area contributed by atoms with Crippen molar-refractivity contribution in [2.24, 2.45) is 0 Å². The highest BCUT2D eigenvalue weighted by Gasteiger charge is 1.97. The van der Waals surface area contributed by atoms with Gasteiger partial charge in [0.05, 0.1) is 0 Å². The smallest absolute Gasteiger partial charge is 0.303 e. The van der Waals surface area contributed by atoms with E-state index in [0.717, 1.165) is 12.8 Å². The first-order chi connectivity index (χ1) is 14.6. The molecule has 0 aliphatic carbocycles. The third-order valence-corrected chi connectivity index (χ3v) is 5.04. The topological polar surface area (TPSA) is 66.8 Å². The molecule has 0 bridgehead atoms. The average molecular weight is 423 g/mol. The van der Waals surface area contributed by atoms with E-state index in [2.05, 4.69) is 6.92 Å². The van der Waals surface area contributed by atoms with Gasteiger partial charge in [-0.15, -0.1) is 0 Å². The molecule has 4 nitrogen and oxygen atoms in total. The second-order valence-corrected chi connectivity index (χ2v) is 8.12. The molecule has 0 saturated carbocycles. The van der Waals surface area contributed by atoms with E-state index >= 15 is 0 Å². The minimum Gasteiger partial charge on any atom is -0.481 e. The Bertz CT molecular complexity index is 473. The summed E-state index contributed by atoms with van der Waals surface area (Å²) in [7, 11) is 0. The second kappa shape index (κ2) is 22.1. The molecule has 4 heteroatoms. The van der Waals surface area contributed by atoms with Crippen LogP contribution >= 0.6 is 0 Å². The van der Waals surface area contributed by atoms with Crippen LogP contribution < -0.4 is 4.74 Å². The molecule has 1 rings (SSSR count). The van der Waals surface area contributed by atoms with Crippen LogP contribution in [0.3, 0.4) is 0 Å². The molecule has 0 aromatic heterocycles. The van der Waals surface area contributed by atoms with Crippen molar-refractivity contribution in [3.05, 3.63) is 30.3 Å². The zero-order valence-corrected chi connectivity index (χ0v) is 19.5. The fourth-order valence-corrected chi connectivity index (χ4v) is 3.34. The van der Waals surface area contributed by atoms with E-state index in [-0.39, 0.29) is 0 Å². The number of carbonyl (C=O) groups is 1. The van der Waals surface area contributed by atoms with E-state index in [1.54, 1.807) is 19.1 Å². The molecule has 1 aromatic carbocycles. The van der Waals surface area contributed by atoms with E-state index < -0.39 is 12.3 Å². The van der Waals surface area contributed by atoms with Crippen LogP contribution in [0.25, 0.3) is 0 Å². The van der Waals surface area contributed by atoms with Crippen molar-refractivity contribution >= 4 is 5.97 Å². The van der Waals surface area contributed by atoms with E-state index in [9.17, 15) is 4.79 Å². The summed E-state index contributed by atoms with van der Waals surface area (Å²) < 4.78 is 4.97. The van der Waals surface area contributed by atoms with Crippen molar-refractivity contribution < 1.29 is 19.7 Å². The Hall–Kier alpha value is -1.55. The van der Waals surface area contributed by atoms with Gasteiger partial charge in [-0.2, -0.15) is 0 Å². The molecule has 0 aliphatic heterocycles. The summed E-state index contributed by atoms with van der Waals surface area (Å²) >= 11 is 0. The number of carboxylic acid groups (broad SMARTS) is 1. The van der Waals surface area contributed by atoms with Gasteiger partial charge in [0.2, 0.25) is 0 Å². The molecule has 30 heavy (non-hydrogen) atoms. The number of unbranched alkanes of at least 4 members (excludes halogenated alkanes) is 14. The summed E-state index contributed by atoms with van der Waals surface area (Å²) in [5, 5.41) is 17.3. The van der Waals surface area contributed by atoms with Crippen LogP contribution in [-0.2, 0) is 4.79 Å². The normalized spacial score (nSPS) is 11.4. The van der Waals surface area contributed by atoms with E-state index in [4.69, 9.17) is 14.9 Å². The van der Waals surface area contributed by atoms with Crippen molar-refractivity contribution in [1.29, 1.82) is 0 Å². The predicted octanol–water partition coefficient (Wildman–Crippen LogP) is 7.74. The summed E-state index contributed by atoms with van der Waals surface area (Å²) in [6, 6.07) is 9.21. The largest absolute Gasteiger partial charge is 0.481 e. The van der Waals surface area contributed by atoms with Crippen molar-refractivity contribution in [3.8, 4) is 5.75 Å². The van der Waals surface area contributed by atoms with Crippen LogP contribution in [0, 0.1) is 0 Å². The molecular formula is C26H46O4. The number of rotatable bonds is 18. The van der Waals surface area contributed by atoms with Crippen molar-refractivity contribution in [2.75, 3.05) is 0 Å². The van der Waals surface area contributed by atoms with Gasteiger partial charge in [-0.25, -0.2) is 0 Å². The average Bonchev–Trinajstić information content (AvgIpc) is 2.71. The number of benzene rings is 1. The van der Waals surface area contributed by atoms with E-state index in [1.807, 2.05) is 18.2 Å². The Morgan fingerprint density at radius 3 is 1.53 bits per heavy atom. The molecule has 0 spiro atoms. The van der Waals surface area contributed by atoms with Gasteiger partial charge in [-0.05, 0) is 25.5 Å². The molecule has 1 unspecified atom stereocenters.